The molecule has 1 spiro atoms. The lowest BCUT2D eigenvalue weighted by Crippen LogP contribution is -2.40. The molecule has 2 unspecified atom stereocenters. The maximum Gasteiger partial charge on any atom is 0.501 e. The van der Waals surface area contributed by atoms with Gasteiger partial charge in [0.15, 0.2) is 0 Å². The molecule has 13 heteroatoms. The van der Waals surface area contributed by atoms with Crippen LogP contribution in [-0.4, -0.2) is 42.3 Å². The largest absolute Gasteiger partial charge is 0.501 e. The summed E-state index contributed by atoms with van der Waals surface area (Å²) in [5.41, 5.74) is -1.53. The Balaban J connectivity index is 1.78. The zero-order valence-electron chi connectivity index (χ0n) is 16.3. The number of nitrogens with zero attached hydrogens (tertiary/aromatic N) is 3. The van der Waals surface area contributed by atoms with Gasteiger partial charge in [-0.15, -0.1) is 0 Å². The van der Waals surface area contributed by atoms with E-state index in [4.69, 9.17) is 5.73 Å². The van der Waals surface area contributed by atoms with Gasteiger partial charge < -0.3 is 5.73 Å². The fourth-order valence-corrected chi connectivity index (χ4v) is 4.65. The third-order valence-corrected chi connectivity index (χ3v) is 7.14. The maximum atomic E-state index is 13.3. The summed E-state index contributed by atoms with van der Waals surface area (Å²) in [6.07, 6.45) is 2.77. The van der Waals surface area contributed by atoms with Crippen LogP contribution in [0.4, 0.5) is 29.3 Å². The average molecular weight is 468 g/mol. The van der Waals surface area contributed by atoms with Crippen molar-refractivity contribution in [1.29, 1.82) is 0 Å². The van der Waals surface area contributed by atoms with Crippen LogP contribution < -0.4 is 15.5 Å². The van der Waals surface area contributed by atoms with E-state index in [2.05, 4.69) is 4.98 Å². The van der Waals surface area contributed by atoms with Gasteiger partial charge in [0, 0.05) is 12.4 Å². The van der Waals surface area contributed by atoms with Crippen molar-refractivity contribution in [3.8, 4) is 0 Å². The van der Waals surface area contributed by atoms with Crippen molar-refractivity contribution in [2.75, 3.05) is 9.80 Å². The number of carbonyl (C=O) groups excluding carboxylic acids is 3. The molecule has 4 rings (SSSR count). The Bertz CT molecular complexity index is 1260. The highest BCUT2D eigenvalue weighted by Crippen LogP contribution is 2.55. The minimum Gasteiger partial charge on any atom is -0.365 e. The number of sulfone groups is 1. The summed E-state index contributed by atoms with van der Waals surface area (Å²) in [5.74, 6) is -1.78. The van der Waals surface area contributed by atoms with Crippen molar-refractivity contribution in [3.05, 3.63) is 48.3 Å². The second-order valence-corrected chi connectivity index (χ2v) is 9.43. The third kappa shape index (κ3) is 2.87. The predicted octanol–water partition coefficient (Wildman–Crippen LogP) is 2.23. The highest BCUT2D eigenvalue weighted by Gasteiger charge is 2.71. The Hall–Kier alpha value is -3.48. The molecule has 9 nitrogen and oxygen atoms in total. The fraction of sp³-hybridized carbons (Fsp3) is 0.263. The monoisotopic (exact) mass is 468 g/mol. The van der Waals surface area contributed by atoms with Crippen LogP contribution >= 0.6 is 0 Å². The Labute approximate surface area is 179 Å². The second kappa shape index (κ2) is 6.76. The van der Waals surface area contributed by atoms with E-state index in [9.17, 15) is 36.0 Å². The molecule has 2 aromatic rings. The standard InChI is InChI=1S/C19H15F3N4O5S/c1-10-8-18(10)16(28)25(11-2-4-12(5-3-11)32(30,31)19(20,21)22)17(29)26(18)14-6-7-24-9-13(14)15(23)27/h2-7,9-10H,8H2,1H3,(H2,23,27). The molecule has 4 amide bonds. The van der Waals surface area contributed by atoms with Crippen molar-refractivity contribution < 1.29 is 36.0 Å². The van der Waals surface area contributed by atoms with Crippen LogP contribution in [0.25, 0.3) is 0 Å². The van der Waals surface area contributed by atoms with Crippen LogP contribution in [0.3, 0.4) is 0 Å². The Morgan fingerprint density at radius 2 is 1.78 bits per heavy atom. The van der Waals surface area contributed by atoms with Crippen molar-refractivity contribution >= 4 is 39.1 Å². The summed E-state index contributed by atoms with van der Waals surface area (Å²) in [4.78, 5) is 43.1. The summed E-state index contributed by atoms with van der Waals surface area (Å²) in [6, 6.07) is 3.75. The number of urea groups is 1. The summed E-state index contributed by atoms with van der Waals surface area (Å²) in [5, 5.41) is 0. The lowest BCUT2D eigenvalue weighted by Gasteiger charge is -2.23. The minimum atomic E-state index is -5.59. The van der Waals surface area contributed by atoms with Gasteiger partial charge in [0.1, 0.15) is 5.54 Å². The smallest absolute Gasteiger partial charge is 0.365 e. The molecule has 1 saturated heterocycles. The van der Waals surface area contributed by atoms with Crippen LogP contribution in [0.2, 0.25) is 0 Å². The normalized spacial score (nSPS) is 23.2. The SMILES string of the molecule is CC1CC12C(=O)N(c1ccc(S(=O)(=O)C(F)(F)F)cc1)C(=O)N2c1ccncc1C(N)=O. The van der Waals surface area contributed by atoms with E-state index < -0.39 is 43.6 Å². The minimum absolute atomic E-state index is 0.0777. The molecule has 1 aromatic heterocycles. The Kier molecular flexibility index (Phi) is 4.59. The number of primary amides is 1. The number of imide groups is 1. The van der Waals surface area contributed by atoms with E-state index in [0.717, 1.165) is 28.1 Å². The first-order chi connectivity index (χ1) is 14.8. The van der Waals surface area contributed by atoms with E-state index in [0.29, 0.717) is 12.1 Å². The molecule has 1 saturated carbocycles. The molecule has 168 valence electrons. The molecular weight excluding hydrogens is 453 g/mol. The molecule has 2 heterocycles. The van der Waals surface area contributed by atoms with Gasteiger partial charge >= 0.3 is 11.5 Å². The zero-order valence-corrected chi connectivity index (χ0v) is 17.1. The molecule has 1 aliphatic heterocycles. The van der Waals surface area contributed by atoms with Gasteiger partial charge in [-0.05, 0) is 42.7 Å². The number of amides is 4. The Morgan fingerprint density at radius 3 is 2.28 bits per heavy atom. The van der Waals surface area contributed by atoms with E-state index >= 15 is 0 Å². The maximum absolute atomic E-state index is 13.3. The number of nitrogens with two attached hydrogens (primary N) is 1. The van der Waals surface area contributed by atoms with Gasteiger partial charge in [0.2, 0.25) is 0 Å². The van der Waals surface area contributed by atoms with E-state index in [1.165, 1.54) is 12.3 Å². The first-order valence-corrected chi connectivity index (χ1v) is 10.7. The van der Waals surface area contributed by atoms with E-state index in [1.54, 1.807) is 6.92 Å². The molecule has 2 aliphatic rings. The molecule has 2 atom stereocenters. The van der Waals surface area contributed by atoms with E-state index in [1.807, 2.05) is 0 Å². The fourth-order valence-electron chi connectivity index (χ4n) is 3.89. The van der Waals surface area contributed by atoms with Crippen molar-refractivity contribution in [2.45, 2.75) is 29.3 Å². The lowest BCUT2D eigenvalue weighted by molar-refractivity contribution is -0.119. The quantitative estimate of drug-likeness (QED) is 0.685. The third-order valence-electron chi connectivity index (χ3n) is 5.64. The second-order valence-electron chi connectivity index (χ2n) is 7.49. The number of alkyl halides is 3. The lowest BCUT2D eigenvalue weighted by atomic mass is 10.1. The van der Waals surface area contributed by atoms with Gasteiger partial charge in [-0.3, -0.25) is 19.5 Å². The average Bonchev–Trinajstić information content (AvgIpc) is 3.33. The van der Waals surface area contributed by atoms with Crippen LogP contribution in [-0.2, 0) is 14.6 Å². The topological polar surface area (TPSA) is 131 Å². The molecule has 32 heavy (non-hydrogen) atoms. The van der Waals surface area contributed by atoms with E-state index in [-0.39, 0.29) is 29.3 Å². The first-order valence-electron chi connectivity index (χ1n) is 9.18. The van der Waals surface area contributed by atoms with Gasteiger partial charge in [-0.1, -0.05) is 6.92 Å². The number of hydrogen-bond acceptors (Lipinski definition) is 6. The predicted molar refractivity (Wildman–Crippen MR) is 104 cm³/mol. The molecular formula is C19H15F3N4O5S. The summed E-state index contributed by atoms with van der Waals surface area (Å²) in [7, 11) is -5.59. The van der Waals surface area contributed by atoms with Crippen LogP contribution in [0, 0.1) is 5.92 Å². The number of pyridine rings is 1. The highest BCUT2D eigenvalue weighted by atomic mass is 32.2. The molecule has 2 N–H and O–H groups in total. The number of anilines is 2. The summed E-state index contributed by atoms with van der Waals surface area (Å²) < 4.78 is 61.5. The molecule has 1 aromatic carbocycles. The van der Waals surface area contributed by atoms with Crippen LogP contribution in [0.5, 0.6) is 0 Å². The summed E-state index contributed by atoms with van der Waals surface area (Å²) >= 11 is 0. The van der Waals surface area contributed by atoms with Gasteiger partial charge in [0.25, 0.3) is 21.7 Å². The number of hydrogen-bond donors (Lipinski definition) is 1. The van der Waals surface area contributed by atoms with Crippen molar-refractivity contribution in [2.24, 2.45) is 11.7 Å². The summed E-state index contributed by atoms with van der Waals surface area (Å²) in [6.45, 7) is 1.73. The van der Waals surface area contributed by atoms with Crippen molar-refractivity contribution in [3.63, 3.8) is 0 Å². The molecule has 2 fully saturated rings. The zero-order chi connectivity index (χ0) is 23.6. The first kappa shape index (κ1) is 21.7. The Morgan fingerprint density at radius 1 is 1.19 bits per heavy atom. The number of benzene rings is 1. The number of aromatic nitrogens is 1. The number of rotatable bonds is 4. The number of halogens is 3. The van der Waals surface area contributed by atoms with Crippen LogP contribution in [0.15, 0.2) is 47.6 Å². The molecule has 0 radical (unpaired) electrons. The van der Waals surface area contributed by atoms with Crippen LogP contribution in [0.1, 0.15) is 23.7 Å². The molecule has 1 aliphatic carbocycles. The van der Waals surface area contributed by atoms with Gasteiger partial charge in [-0.25, -0.2) is 18.1 Å². The van der Waals surface area contributed by atoms with Crippen molar-refractivity contribution in [1.82, 2.24) is 4.98 Å². The highest BCUT2D eigenvalue weighted by molar-refractivity contribution is 7.92. The van der Waals surface area contributed by atoms with Gasteiger partial charge in [-0.2, -0.15) is 13.2 Å². The number of carbonyl (C=O) groups is 3. The van der Waals surface area contributed by atoms with Gasteiger partial charge in [0.05, 0.1) is 21.8 Å². The molecule has 0 bridgehead atoms.